The van der Waals surface area contributed by atoms with Gasteiger partial charge in [0.15, 0.2) is 12.4 Å². The van der Waals surface area contributed by atoms with Gasteiger partial charge >= 0.3 is 11.9 Å². The SMILES string of the molecule is CO[C@H]1O[C@H](COC(C)=O)[C@@H](OC(C)=O)C2=CCO[C@H]21. The lowest BCUT2D eigenvalue weighted by molar-refractivity contribution is -0.248. The molecule has 1 saturated heterocycles. The molecule has 0 N–H and O–H groups in total. The first-order chi connectivity index (χ1) is 9.52. The van der Waals surface area contributed by atoms with Crippen LogP contribution in [0.3, 0.4) is 0 Å². The molecule has 2 heterocycles. The van der Waals surface area contributed by atoms with Gasteiger partial charge in [0.1, 0.15) is 18.8 Å². The van der Waals surface area contributed by atoms with Crippen molar-refractivity contribution in [3.63, 3.8) is 0 Å². The molecule has 7 heteroatoms. The number of rotatable bonds is 4. The van der Waals surface area contributed by atoms with Gasteiger partial charge < -0.3 is 23.7 Å². The van der Waals surface area contributed by atoms with Crippen molar-refractivity contribution in [2.45, 2.75) is 38.4 Å². The van der Waals surface area contributed by atoms with Crippen molar-refractivity contribution >= 4 is 11.9 Å². The topological polar surface area (TPSA) is 80.3 Å². The number of hydrogen-bond acceptors (Lipinski definition) is 7. The highest BCUT2D eigenvalue weighted by atomic mass is 16.7. The summed E-state index contributed by atoms with van der Waals surface area (Å²) in [6, 6.07) is 0. The van der Waals surface area contributed by atoms with E-state index in [9.17, 15) is 9.59 Å². The third kappa shape index (κ3) is 3.17. The summed E-state index contributed by atoms with van der Waals surface area (Å²) in [6.45, 7) is 3.01. The molecule has 4 atom stereocenters. The zero-order valence-electron chi connectivity index (χ0n) is 11.7. The van der Waals surface area contributed by atoms with Crippen LogP contribution in [0.4, 0.5) is 0 Å². The maximum Gasteiger partial charge on any atom is 0.303 e. The molecular weight excluding hydrogens is 268 g/mol. The van der Waals surface area contributed by atoms with Gasteiger partial charge in [-0.25, -0.2) is 0 Å². The van der Waals surface area contributed by atoms with Gasteiger partial charge in [-0.1, -0.05) is 6.08 Å². The first kappa shape index (κ1) is 15.0. The van der Waals surface area contributed by atoms with Crippen LogP contribution in [0.5, 0.6) is 0 Å². The lowest BCUT2D eigenvalue weighted by atomic mass is 9.96. The number of carbonyl (C=O) groups excluding carboxylic acids is 2. The number of fused-ring (bicyclic) bond motifs is 1. The van der Waals surface area contributed by atoms with E-state index in [-0.39, 0.29) is 6.61 Å². The Hall–Kier alpha value is -1.44. The Morgan fingerprint density at radius 3 is 2.70 bits per heavy atom. The van der Waals surface area contributed by atoms with E-state index in [0.717, 1.165) is 5.57 Å². The molecule has 0 radical (unpaired) electrons. The van der Waals surface area contributed by atoms with E-state index >= 15 is 0 Å². The van der Waals surface area contributed by atoms with Crippen molar-refractivity contribution in [3.8, 4) is 0 Å². The fraction of sp³-hybridized carbons (Fsp3) is 0.692. The predicted molar refractivity (Wildman–Crippen MR) is 65.7 cm³/mol. The third-order valence-corrected chi connectivity index (χ3v) is 3.12. The number of esters is 2. The number of hydrogen-bond donors (Lipinski definition) is 0. The molecular formula is C13H18O7. The molecule has 2 rings (SSSR count). The Labute approximate surface area is 116 Å². The van der Waals surface area contributed by atoms with E-state index in [0.29, 0.717) is 6.61 Å². The minimum atomic E-state index is -0.634. The van der Waals surface area contributed by atoms with Crippen molar-refractivity contribution in [3.05, 3.63) is 11.6 Å². The predicted octanol–water partition coefficient (Wildman–Crippen LogP) is 0.178. The number of methoxy groups -OCH3 is 1. The Bertz CT molecular complexity index is 417. The van der Waals surface area contributed by atoms with E-state index in [1.54, 1.807) is 0 Å². The second-order valence-electron chi connectivity index (χ2n) is 4.57. The Balaban J connectivity index is 2.16. The smallest absolute Gasteiger partial charge is 0.303 e. The molecule has 2 aliphatic rings. The van der Waals surface area contributed by atoms with Gasteiger partial charge in [0.25, 0.3) is 0 Å². The molecule has 0 aromatic carbocycles. The summed E-state index contributed by atoms with van der Waals surface area (Å²) in [7, 11) is 1.50. The first-order valence-electron chi connectivity index (χ1n) is 6.33. The maximum atomic E-state index is 11.3. The first-order valence-corrected chi connectivity index (χ1v) is 6.33. The monoisotopic (exact) mass is 286 g/mol. The minimum Gasteiger partial charge on any atom is -0.463 e. The molecule has 2 aliphatic heterocycles. The zero-order chi connectivity index (χ0) is 14.7. The van der Waals surface area contributed by atoms with Crippen LogP contribution in [0, 0.1) is 0 Å². The largest absolute Gasteiger partial charge is 0.463 e. The Morgan fingerprint density at radius 1 is 1.35 bits per heavy atom. The van der Waals surface area contributed by atoms with Crippen LogP contribution in [0.25, 0.3) is 0 Å². The summed E-state index contributed by atoms with van der Waals surface area (Å²) in [5.41, 5.74) is 0.787. The summed E-state index contributed by atoms with van der Waals surface area (Å²) in [5, 5.41) is 0. The number of carbonyl (C=O) groups is 2. The summed E-state index contributed by atoms with van der Waals surface area (Å²) in [4.78, 5) is 22.2. The standard InChI is InChI=1S/C13H18O7/c1-7(14)18-6-10-11(19-8(2)15)9-4-5-17-12(9)13(16-3)20-10/h4,10-13H,5-6H2,1-3H3/t10-,11+,12-,13+/m1/s1. The van der Waals surface area contributed by atoms with E-state index in [1.807, 2.05) is 6.08 Å². The summed E-state index contributed by atoms with van der Waals surface area (Å²) in [6.07, 6.45) is -0.426. The lowest BCUT2D eigenvalue weighted by Crippen LogP contribution is -2.52. The minimum absolute atomic E-state index is 0.0167. The molecule has 20 heavy (non-hydrogen) atoms. The summed E-state index contributed by atoms with van der Waals surface area (Å²) in [5.74, 6) is -0.864. The van der Waals surface area contributed by atoms with Gasteiger partial charge in [0.2, 0.25) is 0 Å². The highest BCUT2D eigenvalue weighted by Crippen LogP contribution is 2.33. The average molecular weight is 286 g/mol. The quantitative estimate of drug-likeness (QED) is 0.538. The van der Waals surface area contributed by atoms with Crippen LogP contribution in [0.15, 0.2) is 11.6 Å². The van der Waals surface area contributed by atoms with Crippen LogP contribution >= 0.6 is 0 Å². The van der Waals surface area contributed by atoms with Crippen LogP contribution in [-0.2, 0) is 33.3 Å². The normalized spacial score (nSPS) is 32.2. The molecule has 0 spiro atoms. The molecule has 0 bridgehead atoms. The van der Waals surface area contributed by atoms with Gasteiger partial charge in [0.05, 0.1) is 6.61 Å². The second-order valence-corrected chi connectivity index (χ2v) is 4.57. The maximum absolute atomic E-state index is 11.3. The lowest BCUT2D eigenvalue weighted by Gasteiger charge is -2.39. The van der Waals surface area contributed by atoms with Gasteiger partial charge in [-0.3, -0.25) is 9.59 Å². The highest BCUT2D eigenvalue weighted by molar-refractivity contribution is 5.67. The van der Waals surface area contributed by atoms with Gasteiger partial charge in [0, 0.05) is 26.5 Å². The fourth-order valence-electron chi connectivity index (χ4n) is 2.33. The Kier molecular flexibility index (Phi) is 4.74. The molecule has 0 aromatic heterocycles. The average Bonchev–Trinajstić information content (AvgIpc) is 2.86. The van der Waals surface area contributed by atoms with Crippen LogP contribution in [0.1, 0.15) is 13.8 Å². The molecule has 0 amide bonds. The van der Waals surface area contributed by atoms with Crippen LogP contribution < -0.4 is 0 Å². The third-order valence-electron chi connectivity index (χ3n) is 3.12. The van der Waals surface area contributed by atoms with Gasteiger partial charge in [-0.2, -0.15) is 0 Å². The van der Waals surface area contributed by atoms with Crippen molar-refractivity contribution in [2.75, 3.05) is 20.3 Å². The molecule has 1 fully saturated rings. The van der Waals surface area contributed by atoms with E-state index in [1.165, 1.54) is 21.0 Å². The van der Waals surface area contributed by atoms with Crippen LogP contribution in [-0.4, -0.2) is 56.9 Å². The van der Waals surface area contributed by atoms with Crippen molar-refractivity contribution < 1.29 is 33.3 Å². The van der Waals surface area contributed by atoms with Gasteiger partial charge in [-0.05, 0) is 0 Å². The van der Waals surface area contributed by atoms with Crippen LogP contribution in [0.2, 0.25) is 0 Å². The molecule has 112 valence electrons. The Morgan fingerprint density at radius 2 is 2.10 bits per heavy atom. The number of ether oxygens (including phenoxy) is 5. The fourth-order valence-corrected chi connectivity index (χ4v) is 2.33. The van der Waals surface area contributed by atoms with Crippen molar-refractivity contribution in [1.82, 2.24) is 0 Å². The highest BCUT2D eigenvalue weighted by Gasteiger charge is 2.46. The summed E-state index contributed by atoms with van der Waals surface area (Å²) < 4.78 is 26.6. The van der Waals surface area contributed by atoms with E-state index in [2.05, 4.69) is 0 Å². The molecule has 0 saturated carbocycles. The molecule has 0 aromatic rings. The molecule has 0 unspecified atom stereocenters. The van der Waals surface area contributed by atoms with Crippen molar-refractivity contribution in [2.24, 2.45) is 0 Å². The van der Waals surface area contributed by atoms with Gasteiger partial charge in [-0.15, -0.1) is 0 Å². The molecule has 0 aliphatic carbocycles. The zero-order valence-corrected chi connectivity index (χ0v) is 11.7. The van der Waals surface area contributed by atoms with E-state index < -0.39 is 36.5 Å². The van der Waals surface area contributed by atoms with Crippen molar-refractivity contribution in [1.29, 1.82) is 0 Å². The molecule has 7 nitrogen and oxygen atoms in total. The van der Waals surface area contributed by atoms with E-state index in [4.69, 9.17) is 23.7 Å². The second kappa shape index (κ2) is 6.34. The summed E-state index contributed by atoms with van der Waals surface area (Å²) >= 11 is 0.